The molecular weight excluding hydrogens is 437 g/mol. The van der Waals surface area contributed by atoms with E-state index in [4.69, 9.17) is 23.2 Å². The molecule has 1 aromatic heterocycles. The summed E-state index contributed by atoms with van der Waals surface area (Å²) >= 11 is 14.8. The van der Waals surface area contributed by atoms with Crippen molar-refractivity contribution in [1.29, 1.82) is 0 Å². The van der Waals surface area contributed by atoms with Crippen LogP contribution in [-0.2, 0) is 10.5 Å². The first-order valence-corrected chi connectivity index (χ1v) is 10.9. The SMILES string of the molecule is O=C(CSCc1ccc(Cl)cc1Cl)Nc1ccccc1C(=O)Nc1nccs1. The summed E-state index contributed by atoms with van der Waals surface area (Å²) in [5, 5.41) is 8.92. The van der Waals surface area contributed by atoms with Gasteiger partial charge in [-0.15, -0.1) is 23.1 Å². The second-order valence-electron chi connectivity index (χ2n) is 5.61. The van der Waals surface area contributed by atoms with Crippen molar-refractivity contribution in [2.24, 2.45) is 0 Å². The van der Waals surface area contributed by atoms with Crippen LogP contribution in [0.2, 0.25) is 10.0 Å². The topological polar surface area (TPSA) is 71.1 Å². The molecule has 28 heavy (non-hydrogen) atoms. The van der Waals surface area contributed by atoms with Crippen LogP contribution in [0.4, 0.5) is 10.8 Å². The van der Waals surface area contributed by atoms with Gasteiger partial charge in [0.05, 0.1) is 17.0 Å². The molecule has 2 amide bonds. The Balaban J connectivity index is 1.57. The molecular formula is C19H15Cl2N3O2S2. The molecule has 0 fully saturated rings. The number of para-hydroxylation sites is 1. The van der Waals surface area contributed by atoms with Gasteiger partial charge in [-0.25, -0.2) is 4.98 Å². The van der Waals surface area contributed by atoms with Crippen LogP contribution >= 0.6 is 46.3 Å². The Kier molecular flexibility index (Phi) is 7.33. The predicted octanol–water partition coefficient (Wildman–Crippen LogP) is 5.57. The van der Waals surface area contributed by atoms with E-state index in [2.05, 4.69) is 15.6 Å². The highest BCUT2D eigenvalue weighted by atomic mass is 35.5. The minimum absolute atomic E-state index is 0.204. The first-order chi connectivity index (χ1) is 13.5. The van der Waals surface area contributed by atoms with Gasteiger partial charge in [0.1, 0.15) is 0 Å². The van der Waals surface area contributed by atoms with Crippen molar-refractivity contribution < 1.29 is 9.59 Å². The van der Waals surface area contributed by atoms with Gasteiger partial charge in [0.15, 0.2) is 5.13 Å². The van der Waals surface area contributed by atoms with E-state index < -0.39 is 0 Å². The molecule has 0 bridgehead atoms. The Labute approximate surface area is 180 Å². The molecule has 2 N–H and O–H groups in total. The third-order valence-electron chi connectivity index (χ3n) is 3.60. The summed E-state index contributed by atoms with van der Waals surface area (Å²) in [7, 11) is 0. The average Bonchev–Trinajstić information content (AvgIpc) is 3.17. The van der Waals surface area contributed by atoms with Crippen LogP contribution < -0.4 is 10.6 Å². The second kappa shape index (κ2) is 9.93. The Hall–Kier alpha value is -2.06. The van der Waals surface area contributed by atoms with Gasteiger partial charge in [-0.05, 0) is 29.8 Å². The third-order valence-corrected chi connectivity index (χ3v) is 5.86. The minimum Gasteiger partial charge on any atom is -0.325 e. The highest BCUT2D eigenvalue weighted by molar-refractivity contribution is 7.99. The number of nitrogens with zero attached hydrogens (tertiary/aromatic N) is 1. The lowest BCUT2D eigenvalue weighted by molar-refractivity contribution is -0.113. The van der Waals surface area contributed by atoms with E-state index in [1.165, 1.54) is 23.1 Å². The summed E-state index contributed by atoms with van der Waals surface area (Å²) in [5.74, 6) is 0.271. The minimum atomic E-state index is -0.327. The Morgan fingerprint density at radius 2 is 1.93 bits per heavy atom. The van der Waals surface area contributed by atoms with Crippen LogP contribution in [0.1, 0.15) is 15.9 Å². The largest absolute Gasteiger partial charge is 0.325 e. The fourth-order valence-corrected chi connectivity index (χ4v) is 4.23. The highest BCUT2D eigenvalue weighted by Crippen LogP contribution is 2.25. The number of rotatable bonds is 7. The molecule has 144 valence electrons. The van der Waals surface area contributed by atoms with Crippen molar-refractivity contribution >= 4 is 68.9 Å². The first kappa shape index (κ1) is 20.7. The van der Waals surface area contributed by atoms with Crippen molar-refractivity contribution in [3.8, 4) is 0 Å². The number of amides is 2. The van der Waals surface area contributed by atoms with Crippen LogP contribution in [-0.4, -0.2) is 22.6 Å². The molecule has 0 saturated heterocycles. The van der Waals surface area contributed by atoms with Crippen LogP contribution in [0.3, 0.4) is 0 Å². The zero-order valence-corrected chi connectivity index (χ0v) is 17.6. The van der Waals surface area contributed by atoms with Gasteiger partial charge in [-0.3, -0.25) is 14.9 Å². The van der Waals surface area contributed by atoms with E-state index in [-0.39, 0.29) is 17.6 Å². The number of hydrogen-bond acceptors (Lipinski definition) is 5. The number of carbonyl (C=O) groups excluding carboxylic acids is 2. The first-order valence-electron chi connectivity index (χ1n) is 8.14. The van der Waals surface area contributed by atoms with Gasteiger partial charge in [0.25, 0.3) is 5.91 Å². The normalized spacial score (nSPS) is 10.5. The lowest BCUT2D eigenvalue weighted by Crippen LogP contribution is -2.19. The molecule has 0 unspecified atom stereocenters. The molecule has 0 spiro atoms. The second-order valence-corrected chi connectivity index (χ2v) is 8.34. The van der Waals surface area contributed by atoms with Gasteiger partial charge < -0.3 is 5.32 Å². The van der Waals surface area contributed by atoms with E-state index in [9.17, 15) is 9.59 Å². The van der Waals surface area contributed by atoms with Crippen LogP contribution in [0.5, 0.6) is 0 Å². The maximum Gasteiger partial charge on any atom is 0.259 e. The number of anilines is 2. The van der Waals surface area contributed by atoms with Crippen molar-refractivity contribution in [3.63, 3.8) is 0 Å². The molecule has 0 radical (unpaired) electrons. The fourth-order valence-electron chi connectivity index (χ4n) is 2.32. The van der Waals surface area contributed by atoms with Crippen LogP contribution in [0.25, 0.3) is 0 Å². The lowest BCUT2D eigenvalue weighted by Gasteiger charge is -2.11. The fraction of sp³-hybridized carbons (Fsp3) is 0.105. The van der Waals surface area contributed by atoms with E-state index in [1.807, 2.05) is 6.07 Å². The molecule has 0 saturated carbocycles. The number of thiazole rings is 1. The maximum atomic E-state index is 12.5. The van der Waals surface area contributed by atoms with Crippen LogP contribution in [0, 0.1) is 0 Å². The van der Waals surface area contributed by atoms with Crippen molar-refractivity contribution in [1.82, 2.24) is 4.98 Å². The van der Waals surface area contributed by atoms with E-state index >= 15 is 0 Å². The number of thioether (sulfide) groups is 1. The summed E-state index contributed by atoms with van der Waals surface area (Å²) in [6, 6.07) is 12.1. The van der Waals surface area contributed by atoms with E-state index in [1.54, 1.807) is 48.0 Å². The van der Waals surface area contributed by atoms with Gasteiger partial charge in [-0.2, -0.15) is 0 Å². The summed E-state index contributed by atoms with van der Waals surface area (Å²) in [4.78, 5) is 28.8. The van der Waals surface area contributed by atoms with Crippen molar-refractivity contribution in [2.45, 2.75) is 5.75 Å². The van der Waals surface area contributed by atoms with Gasteiger partial charge in [0.2, 0.25) is 5.91 Å². The molecule has 3 aromatic rings. The van der Waals surface area contributed by atoms with Gasteiger partial charge in [-0.1, -0.05) is 41.4 Å². The molecule has 1 heterocycles. The van der Waals surface area contributed by atoms with Crippen molar-refractivity contribution in [2.75, 3.05) is 16.4 Å². The summed E-state index contributed by atoms with van der Waals surface area (Å²) in [6.45, 7) is 0. The number of carbonyl (C=O) groups is 2. The van der Waals surface area contributed by atoms with E-state index in [0.717, 1.165) is 5.56 Å². The smallest absolute Gasteiger partial charge is 0.259 e. The molecule has 0 atom stereocenters. The van der Waals surface area contributed by atoms with Crippen molar-refractivity contribution in [3.05, 3.63) is 75.2 Å². The Bertz CT molecular complexity index is 981. The number of aromatic nitrogens is 1. The maximum absolute atomic E-state index is 12.5. The molecule has 0 aliphatic rings. The summed E-state index contributed by atoms with van der Waals surface area (Å²) in [6.07, 6.45) is 1.61. The number of halogens is 2. The summed E-state index contributed by atoms with van der Waals surface area (Å²) in [5.41, 5.74) is 1.73. The average molecular weight is 452 g/mol. The molecule has 2 aromatic carbocycles. The Morgan fingerprint density at radius 1 is 1.11 bits per heavy atom. The monoisotopic (exact) mass is 451 g/mol. The molecule has 0 aliphatic carbocycles. The Morgan fingerprint density at radius 3 is 2.68 bits per heavy atom. The summed E-state index contributed by atoms with van der Waals surface area (Å²) < 4.78 is 0. The number of benzene rings is 2. The van der Waals surface area contributed by atoms with Gasteiger partial charge >= 0.3 is 0 Å². The number of nitrogens with one attached hydrogen (secondary N) is 2. The lowest BCUT2D eigenvalue weighted by atomic mass is 10.1. The van der Waals surface area contributed by atoms with Gasteiger partial charge in [0, 0.05) is 27.4 Å². The quantitative estimate of drug-likeness (QED) is 0.492. The molecule has 9 heteroatoms. The predicted molar refractivity (Wildman–Crippen MR) is 118 cm³/mol. The molecule has 3 rings (SSSR count). The zero-order valence-electron chi connectivity index (χ0n) is 14.4. The molecule has 5 nitrogen and oxygen atoms in total. The molecule has 0 aliphatic heterocycles. The zero-order chi connectivity index (χ0) is 19.9. The highest BCUT2D eigenvalue weighted by Gasteiger charge is 2.14. The third kappa shape index (κ3) is 5.72. The van der Waals surface area contributed by atoms with E-state index in [0.29, 0.717) is 32.2 Å². The standard InChI is InChI=1S/C19H15Cl2N3O2S2/c20-13-6-5-12(15(21)9-13)10-27-11-17(25)23-16-4-2-1-3-14(16)18(26)24-19-22-7-8-28-19/h1-9H,10-11H2,(H,23,25)(H,22,24,26). The number of hydrogen-bond donors (Lipinski definition) is 2. The van der Waals surface area contributed by atoms with Crippen LogP contribution in [0.15, 0.2) is 54.0 Å².